The number of ether oxygens (including phenoxy) is 1. The lowest BCUT2D eigenvalue weighted by molar-refractivity contribution is -0.137. The molecule has 1 aliphatic heterocycles. The lowest BCUT2D eigenvalue weighted by Crippen LogP contribution is -2.44. The number of rotatable bonds is 6. The fourth-order valence-corrected chi connectivity index (χ4v) is 4.58. The molecule has 0 spiro atoms. The van der Waals surface area contributed by atoms with E-state index in [0.29, 0.717) is 40.9 Å². The third-order valence-corrected chi connectivity index (χ3v) is 6.64. The second-order valence-electron chi connectivity index (χ2n) is 9.72. The number of anilines is 3. The summed E-state index contributed by atoms with van der Waals surface area (Å²) in [6.07, 6.45) is -3.31. The second-order valence-corrected chi connectivity index (χ2v) is 9.72. The van der Waals surface area contributed by atoms with E-state index in [4.69, 9.17) is 4.74 Å². The molecular formula is C29H27F3N6O3. The number of halogens is 3. The summed E-state index contributed by atoms with van der Waals surface area (Å²) in [5, 5.41) is 6.49. The highest BCUT2D eigenvalue weighted by Crippen LogP contribution is 2.35. The largest absolute Gasteiger partial charge is 0.439 e. The number of benzene rings is 3. The van der Waals surface area contributed by atoms with E-state index >= 15 is 0 Å². The van der Waals surface area contributed by atoms with Crippen LogP contribution in [-0.4, -0.2) is 59.9 Å². The van der Waals surface area contributed by atoms with Crippen LogP contribution in [0, 0.1) is 0 Å². The predicted octanol–water partition coefficient (Wildman–Crippen LogP) is 5.40. The van der Waals surface area contributed by atoms with Crippen molar-refractivity contribution >= 4 is 39.8 Å². The Morgan fingerprint density at radius 1 is 0.927 bits per heavy atom. The van der Waals surface area contributed by atoms with E-state index in [-0.39, 0.29) is 23.3 Å². The van der Waals surface area contributed by atoms with Gasteiger partial charge in [-0.25, -0.2) is 9.97 Å². The first-order valence-electron chi connectivity index (χ1n) is 12.8. The van der Waals surface area contributed by atoms with Crippen molar-refractivity contribution in [2.75, 3.05) is 48.8 Å². The van der Waals surface area contributed by atoms with Gasteiger partial charge in [-0.2, -0.15) is 13.2 Å². The first-order chi connectivity index (χ1) is 19.5. The summed E-state index contributed by atoms with van der Waals surface area (Å²) in [6.45, 7) is 3.99. The number of hydrogen-bond donors (Lipinski definition) is 2. The molecule has 1 aromatic heterocycles. The van der Waals surface area contributed by atoms with Gasteiger partial charge in [0.15, 0.2) is 0 Å². The van der Waals surface area contributed by atoms with Gasteiger partial charge in [0, 0.05) is 56.1 Å². The van der Waals surface area contributed by atoms with Gasteiger partial charge in [0.2, 0.25) is 11.8 Å². The van der Waals surface area contributed by atoms with Crippen molar-refractivity contribution in [2.24, 2.45) is 0 Å². The van der Waals surface area contributed by atoms with Gasteiger partial charge >= 0.3 is 6.18 Å². The summed E-state index contributed by atoms with van der Waals surface area (Å²) < 4.78 is 47.0. The number of carbonyl (C=O) groups excluding carboxylic acids is 2. The molecule has 9 nitrogen and oxygen atoms in total. The number of piperazine rings is 1. The number of alkyl halides is 3. The van der Waals surface area contributed by atoms with Crippen LogP contribution in [0.4, 0.5) is 30.4 Å². The molecule has 0 aliphatic carbocycles. The molecule has 0 radical (unpaired) electrons. The van der Waals surface area contributed by atoms with Crippen LogP contribution in [0.1, 0.15) is 22.8 Å². The van der Waals surface area contributed by atoms with Crippen LogP contribution >= 0.6 is 0 Å². The van der Waals surface area contributed by atoms with E-state index in [2.05, 4.69) is 25.5 Å². The first-order valence-corrected chi connectivity index (χ1v) is 12.8. The molecule has 1 saturated heterocycles. The molecule has 0 saturated carbocycles. The normalized spacial score (nSPS) is 14.1. The molecule has 1 fully saturated rings. The van der Waals surface area contributed by atoms with Crippen LogP contribution in [0.15, 0.2) is 67.0 Å². The maximum absolute atomic E-state index is 13.7. The van der Waals surface area contributed by atoms with Crippen LogP contribution in [-0.2, 0) is 11.0 Å². The topological polar surface area (TPSA) is 99.7 Å². The minimum atomic E-state index is -4.57. The Balaban J connectivity index is 1.39. The van der Waals surface area contributed by atoms with Gasteiger partial charge in [0.05, 0.1) is 5.56 Å². The molecule has 212 valence electrons. The Morgan fingerprint density at radius 3 is 2.44 bits per heavy atom. The van der Waals surface area contributed by atoms with Gasteiger partial charge in [0.1, 0.15) is 17.9 Å². The number of carbonyl (C=O) groups is 2. The lowest BCUT2D eigenvalue weighted by atomic mass is 10.0. The Bertz CT molecular complexity index is 1600. The minimum Gasteiger partial charge on any atom is -0.439 e. The van der Waals surface area contributed by atoms with Crippen molar-refractivity contribution in [1.82, 2.24) is 14.9 Å². The molecule has 0 bridgehead atoms. The first kappa shape index (κ1) is 27.8. The van der Waals surface area contributed by atoms with Crippen LogP contribution < -0.4 is 20.3 Å². The summed E-state index contributed by atoms with van der Waals surface area (Å²) in [6, 6.07) is 15.3. The van der Waals surface area contributed by atoms with Crippen LogP contribution in [0.3, 0.4) is 0 Å². The van der Waals surface area contributed by atoms with E-state index < -0.39 is 17.6 Å². The quantitative estimate of drug-likeness (QED) is 0.323. The average molecular weight is 565 g/mol. The number of amides is 2. The average Bonchev–Trinajstić information content (AvgIpc) is 2.92. The number of hydrogen-bond acceptors (Lipinski definition) is 7. The summed E-state index contributed by atoms with van der Waals surface area (Å²) in [5.74, 6) is 0.0954. The molecule has 12 heteroatoms. The molecule has 2 N–H and O–H groups in total. The third kappa shape index (κ3) is 6.72. The smallest absolute Gasteiger partial charge is 0.416 e. The van der Waals surface area contributed by atoms with E-state index in [1.165, 1.54) is 19.3 Å². The van der Waals surface area contributed by atoms with Gasteiger partial charge in [-0.3, -0.25) is 9.59 Å². The summed E-state index contributed by atoms with van der Waals surface area (Å²) in [4.78, 5) is 36.6. The minimum absolute atomic E-state index is 0.0643. The maximum Gasteiger partial charge on any atom is 0.416 e. The second kappa shape index (κ2) is 11.4. The Morgan fingerprint density at radius 2 is 1.71 bits per heavy atom. The molecule has 4 aromatic rings. The molecule has 0 atom stereocenters. The van der Waals surface area contributed by atoms with Crippen LogP contribution in [0.25, 0.3) is 10.8 Å². The van der Waals surface area contributed by atoms with Crippen LogP contribution in [0.5, 0.6) is 11.6 Å². The Hall–Kier alpha value is -4.71. The Labute approximate surface area is 233 Å². The molecule has 5 rings (SSSR count). The summed E-state index contributed by atoms with van der Waals surface area (Å²) in [7, 11) is 1.97. The number of nitrogens with zero attached hydrogens (tertiary/aromatic N) is 4. The maximum atomic E-state index is 13.7. The van der Waals surface area contributed by atoms with Crippen molar-refractivity contribution in [1.29, 1.82) is 0 Å². The van der Waals surface area contributed by atoms with E-state index in [1.807, 2.05) is 11.9 Å². The molecule has 2 amide bonds. The van der Waals surface area contributed by atoms with Crippen molar-refractivity contribution in [3.8, 4) is 11.6 Å². The zero-order valence-corrected chi connectivity index (χ0v) is 22.3. The fourth-order valence-electron chi connectivity index (χ4n) is 4.58. The number of likely N-dealkylation sites (N-methyl/N-ethyl adjacent to an activating group) is 1. The SMILES string of the molecule is CC(=O)Nc1cc(Oc2ccc3c(C(=O)Nc4cc(N5CCN(C)CC5)cc(C(F)(F)F)c4)cccc3c2)ncn1. The monoisotopic (exact) mass is 564 g/mol. The van der Waals surface area contributed by atoms with E-state index in [0.717, 1.165) is 25.2 Å². The summed E-state index contributed by atoms with van der Waals surface area (Å²) >= 11 is 0. The highest BCUT2D eigenvalue weighted by molar-refractivity contribution is 6.13. The molecule has 2 heterocycles. The number of fused-ring (bicyclic) bond motifs is 1. The van der Waals surface area contributed by atoms with Crippen molar-refractivity contribution in [3.63, 3.8) is 0 Å². The van der Waals surface area contributed by atoms with Gasteiger partial charge in [0.25, 0.3) is 5.91 Å². The van der Waals surface area contributed by atoms with Gasteiger partial charge in [-0.05, 0) is 60.3 Å². The number of aromatic nitrogens is 2. The predicted molar refractivity (Wildman–Crippen MR) is 149 cm³/mol. The lowest BCUT2D eigenvalue weighted by Gasteiger charge is -2.34. The Kier molecular flexibility index (Phi) is 7.75. The standard InChI is InChI=1S/C29H27F3N6O3/c1-18(39)35-26-16-27(34-17-33-26)41-23-6-7-24-19(12-23)4-3-5-25(24)28(40)36-21-13-20(29(30,31)32)14-22(15-21)38-10-8-37(2)9-11-38/h3-7,12-17H,8-11H2,1-2H3,(H,36,40)(H,33,34,35,39). The van der Waals surface area contributed by atoms with Crippen LogP contribution in [0.2, 0.25) is 0 Å². The molecular weight excluding hydrogens is 537 g/mol. The molecule has 0 unspecified atom stereocenters. The molecule has 41 heavy (non-hydrogen) atoms. The summed E-state index contributed by atoms with van der Waals surface area (Å²) in [5.41, 5.74) is -0.0540. The fraction of sp³-hybridized carbons (Fsp3) is 0.241. The van der Waals surface area contributed by atoms with Gasteiger partial charge in [-0.1, -0.05) is 12.1 Å². The zero-order chi connectivity index (χ0) is 29.1. The third-order valence-electron chi connectivity index (χ3n) is 6.64. The van der Waals surface area contributed by atoms with Crippen molar-refractivity contribution < 1.29 is 27.5 Å². The number of nitrogens with one attached hydrogen (secondary N) is 2. The zero-order valence-electron chi connectivity index (χ0n) is 22.3. The van der Waals surface area contributed by atoms with Gasteiger partial charge < -0.3 is 25.2 Å². The van der Waals surface area contributed by atoms with Crippen molar-refractivity contribution in [2.45, 2.75) is 13.1 Å². The highest BCUT2D eigenvalue weighted by atomic mass is 19.4. The van der Waals surface area contributed by atoms with E-state index in [9.17, 15) is 22.8 Å². The molecule has 3 aromatic carbocycles. The van der Waals surface area contributed by atoms with Crippen molar-refractivity contribution in [3.05, 3.63) is 78.1 Å². The van der Waals surface area contributed by atoms with Gasteiger partial charge in [-0.15, -0.1) is 0 Å². The highest BCUT2D eigenvalue weighted by Gasteiger charge is 2.32. The van der Waals surface area contributed by atoms with E-state index in [1.54, 1.807) is 42.5 Å². The molecule has 1 aliphatic rings.